The Balaban J connectivity index is 1.64. The number of nitrogens with one attached hydrogen (secondary N) is 1. The summed E-state index contributed by atoms with van der Waals surface area (Å²) in [5.74, 6) is -1.48. The lowest BCUT2D eigenvalue weighted by Crippen LogP contribution is -2.48. The average Bonchev–Trinajstić information content (AvgIpc) is 3.31. The van der Waals surface area contributed by atoms with E-state index in [0.717, 1.165) is 42.6 Å². The van der Waals surface area contributed by atoms with Gasteiger partial charge in [0.05, 0.1) is 23.6 Å². The van der Waals surface area contributed by atoms with Crippen LogP contribution in [0.2, 0.25) is 0 Å². The monoisotopic (exact) mass is 437 g/mol. The van der Waals surface area contributed by atoms with E-state index in [1.54, 1.807) is 31.4 Å². The first-order valence-electron chi connectivity index (χ1n) is 9.17. The standard InChI is InChI=1S/C18H23N5O4S2/c1-3-27-17(26)13-11(2)14(15(19)25)29-16(13)21-12(24)10-22-5-7-23(8-6-22)18-20-4-9-28-18/h4,9H,3,5-8,10H2,1-2H3,(H2,19,25)(H,21,24). The number of thiazole rings is 1. The van der Waals surface area contributed by atoms with Crippen molar-refractivity contribution in [2.24, 2.45) is 5.73 Å². The third kappa shape index (κ3) is 4.92. The van der Waals surface area contributed by atoms with Crippen molar-refractivity contribution in [3.8, 4) is 0 Å². The number of nitrogens with zero attached hydrogens (tertiary/aromatic N) is 3. The summed E-state index contributed by atoms with van der Waals surface area (Å²) in [5, 5.41) is 5.98. The zero-order valence-electron chi connectivity index (χ0n) is 16.3. The molecule has 1 aliphatic rings. The summed E-state index contributed by atoms with van der Waals surface area (Å²) in [6, 6.07) is 0. The van der Waals surface area contributed by atoms with Crippen LogP contribution in [0.4, 0.5) is 10.1 Å². The van der Waals surface area contributed by atoms with Gasteiger partial charge in [-0.3, -0.25) is 14.5 Å². The van der Waals surface area contributed by atoms with E-state index in [1.165, 1.54) is 0 Å². The molecule has 0 aromatic carbocycles. The second-order valence-electron chi connectivity index (χ2n) is 6.47. The molecule has 0 saturated carbocycles. The molecule has 2 amide bonds. The molecule has 9 nitrogen and oxygen atoms in total. The fraction of sp³-hybridized carbons (Fsp3) is 0.444. The van der Waals surface area contributed by atoms with Crippen LogP contribution in [0.15, 0.2) is 11.6 Å². The van der Waals surface area contributed by atoms with E-state index in [1.807, 2.05) is 10.3 Å². The molecule has 156 valence electrons. The molecule has 3 N–H and O–H groups in total. The van der Waals surface area contributed by atoms with Gasteiger partial charge in [0.2, 0.25) is 5.91 Å². The van der Waals surface area contributed by atoms with Gasteiger partial charge >= 0.3 is 5.97 Å². The van der Waals surface area contributed by atoms with Crippen molar-refractivity contribution in [2.45, 2.75) is 13.8 Å². The number of nitrogens with two attached hydrogens (primary N) is 1. The summed E-state index contributed by atoms with van der Waals surface area (Å²) < 4.78 is 5.06. The van der Waals surface area contributed by atoms with Gasteiger partial charge in [0.15, 0.2) is 5.13 Å². The van der Waals surface area contributed by atoms with Gasteiger partial charge in [-0.2, -0.15) is 0 Å². The van der Waals surface area contributed by atoms with Gasteiger partial charge in [-0.25, -0.2) is 9.78 Å². The van der Waals surface area contributed by atoms with Crippen LogP contribution in [0, 0.1) is 6.92 Å². The van der Waals surface area contributed by atoms with Crippen molar-refractivity contribution in [3.63, 3.8) is 0 Å². The van der Waals surface area contributed by atoms with Crippen molar-refractivity contribution in [2.75, 3.05) is 49.5 Å². The maximum atomic E-state index is 12.6. The Kier molecular flexibility index (Phi) is 6.83. The molecule has 29 heavy (non-hydrogen) atoms. The molecule has 0 unspecified atom stereocenters. The number of piperazine rings is 1. The number of hydrogen-bond acceptors (Lipinski definition) is 9. The predicted molar refractivity (Wildman–Crippen MR) is 113 cm³/mol. The number of carbonyl (C=O) groups is 3. The summed E-state index contributed by atoms with van der Waals surface area (Å²) in [6.45, 7) is 6.74. The van der Waals surface area contributed by atoms with Crippen LogP contribution in [0.5, 0.6) is 0 Å². The van der Waals surface area contributed by atoms with Crippen LogP contribution >= 0.6 is 22.7 Å². The van der Waals surface area contributed by atoms with E-state index >= 15 is 0 Å². The highest BCUT2D eigenvalue weighted by Gasteiger charge is 2.26. The molecule has 2 aromatic heterocycles. The molecule has 0 atom stereocenters. The fourth-order valence-electron chi connectivity index (χ4n) is 3.12. The Morgan fingerprint density at radius 1 is 1.28 bits per heavy atom. The second-order valence-corrected chi connectivity index (χ2v) is 8.36. The summed E-state index contributed by atoms with van der Waals surface area (Å²) >= 11 is 2.59. The Morgan fingerprint density at radius 2 is 2.00 bits per heavy atom. The van der Waals surface area contributed by atoms with Gasteiger partial charge in [0, 0.05) is 37.8 Å². The summed E-state index contributed by atoms with van der Waals surface area (Å²) in [5.41, 5.74) is 6.01. The van der Waals surface area contributed by atoms with Crippen LogP contribution < -0.4 is 16.0 Å². The van der Waals surface area contributed by atoms with Crippen LogP contribution in [0.3, 0.4) is 0 Å². The Morgan fingerprint density at radius 3 is 2.59 bits per heavy atom. The van der Waals surface area contributed by atoms with E-state index < -0.39 is 11.9 Å². The van der Waals surface area contributed by atoms with Crippen LogP contribution in [0.1, 0.15) is 32.5 Å². The minimum absolute atomic E-state index is 0.188. The summed E-state index contributed by atoms with van der Waals surface area (Å²) in [4.78, 5) is 45.3. The van der Waals surface area contributed by atoms with E-state index in [0.29, 0.717) is 10.6 Å². The molecule has 0 radical (unpaired) electrons. The first-order chi connectivity index (χ1) is 13.9. The number of amides is 2. The van der Waals surface area contributed by atoms with Crippen molar-refractivity contribution < 1.29 is 19.1 Å². The molecule has 3 heterocycles. The van der Waals surface area contributed by atoms with Gasteiger partial charge in [-0.15, -0.1) is 22.7 Å². The Hall–Kier alpha value is -2.50. The number of primary amides is 1. The molecule has 0 bridgehead atoms. The predicted octanol–water partition coefficient (Wildman–Crippen LogP) is 1.55. The van der Waals surface area contributed by atoms with Crippen LogP contribution in [-0.2, 0) is 9.53 Å². The normalized spacial score (nSPS) is 14.6. The van der Waals surface area contributed by atoms with Crippen molar-refractivity contribution in [1.29, 1.82) is 0 Å². The molecular weight excluding hydrogens is 414 g/mol. The van der Waals surface area contributed by atoms with Crippen LogP contribution in [-0.4, -0.2) is 67.0 Å². The maximum Gasteiger partial charge on any atom is 0.341 e. The van der Waals surface area contributed by atoms with E-state index in [-0.39, 0.29) is 29.5 Å². The van der Waals surface area contributed by atoms with E-state index in [4.69, 9.17) is 10.5 Å². The number of ether oxygens (including phenoxy) is 1. The molecular formula is C18H23N5O4S2. The quantitative estimate of drug-likeness (QED) is 0.631. The lowest BCUT2D eigenvalue weighted by molar-refractivity contribution is -0.117. The minimum atomic E-state index is -0.642. The highest BCUT2D eigenvalue weighted by atomic mass is 32.1. The number of hydrogen-bond donors (Lipinski definition) is 2. The Bertz CT molecular complexity index is 888. The number of aromatic nitrogens is 1. The first-order valence-corrected chi connectivity index (χ1v) is 10.9. The lowest BCUT2D eigenvalue weighted by atomic mass is 10.1. The third-order valence-corrected chi connectivity index (χ3v) is 6.59. The SMILES string of the molecule is CCOC(=O)c1c(NC(=O)CN2CCN(c3nccs3)CC2)sc(C(N)=O)c1C. The zero-order chi connectivity index (χ0) is 21.0. The van der Waals surface area contributed by atoms with Gasteiger partial charge in [0.25, 0.3) is 5.91 Å². The maximum absolute atomic E-state index is 12.6. The molecule has 1 fully saturated rings. The van der Waals surface area contributed by atoms with Crippen molar-refractivity contribution in [3.05, 3.63) is 27.6 Å². The highest BCUT2D eigenvalue weighted by Crippen LogP contribution is 2.33. The topological polar surface area (TPSA) is 118 Å². The Labute approximate surface area is 176 Å². The lowest BCUT2D eigenvalue weighted by Gasteiger charge is -2.34. The molecule has 2 aromatic rings. The summed E-state index contributed by atoms with van der Waals surface area (Å²) in [6.07, 6.45) is 1.78. The number of anilines is 2. The zero-order valence-corrected chi connectivity index (χ0v) is 17.9. The number of carbonyl (C=O) groups excluding carboxylic acids is 3. The van der Waals surface area contributed by atoms with Gasteiger partial charge in [-0.05, 0) is 19.4 Å². The van der Waals surface area contributed by atoms with E-state index in [2.05, 4.69) is 15.2 Å². The average molecular weight is 438 g/mol. The fourth-order valence-corrected chi connectivity index (χ4v) is 4.88. The number of thiophene rings is 1. The second kappa shape index (κ2) is 9.33. The van der Waals surface area contributed by atoms with Crippen LogP contribution in [0.25, 0.3) is 0 Å². The molecule has 0 aliphatic carbocycles. The molecule has 0 spiro atoms. The van der Waals surface area contributed by atoms with E-state index in [9.17, 15) is 14.4 Å². The smallest absolute Gasteiger partial charge is 0.341 e. The van der Waals surface area contributed by atoms with Gasteiger partial charge < -0.3 is 20.7 Å². The highest BCUT2D eigenvalue weighted by molar-refractivity contribution is 7.18. The van der Waals surface area contributed by atoms with Crippen molar-refractivity contribution in [1.82, 2.24) is 9.88 Å². The number of rotatable bonds is 7. The first kappa shape index (κ1) is 21.2. The molecule has 3 rings (SSSR count). The summed E-state index contributed by atoms with van der Waals surface area (Å²) in [7, 11) is 0. The molecule has 1 saturated heterocycles. The molecule has 1 aliphatic heterocycles. The van der Waals surface area contributed by atoms with Gasteiger partial charge in [-0.1, -0.05) is 0 Å². The van der Waals surface area contributed by atoms with Crippen molar-refractivity contribution >= 4 is 50.6 Å². The third-order valence-electron chi connectivity index (χ3n) is 4.53. The largest absolute Gasteiger partial charge is 0.462 e. The van der Waals surface area contributed by atoms with Gasteiger partial charge in [0.1, 0.15) is 5.00 Å². The number of esters is 1. The molecule has 11 heteroatoms. The minimum Gasteiger partial charge on any atom is -0.462 e.